The lowest BCUT2D eigenvalue weighted by Crippen LogP contribution is -2.34. The summed E-state index contributed by atoms with van der Waals surface area (Å²) in [5.74, 6) is -0.228. The van der Waals surface area contributed by atoms with Gasteiger partial charge in [0.15, 0.2) is 0 Å². The van der Waals surface area contributed by atoms with Crippen molar-refractivity contribution in [2.24, 2.45) is 0 Å². The molecule has 0 saturated carbocycles. The Balaban J connectivity index is 1.96. The van der Waals surface area contributed by atoms with Crippen LogP contribution >= 0.6 is 0 Å². The largest absolute Gasteiger partial charge is 0.349 e. The molecule has 0 saturated heterocycles. The Hall–Kier alpha value is -2.69. The first-order chi connectivity index (χ1) is 10.1. The van der Waals surface area contributed by atoms with E-state index in [1.54, 1.807) is 0 Å². The third-order valence-electron chi connectivity index (χ3n) is 3.10. The molecule has 108 valence electrons. The Bertz CT molecular complexity index is 624. The fraction of sp³-hybridized carbons (Fsp3) is 0.188. The maximum absolute atomic E-state index is 12.0. The van der Waals surface area contributed by atoms with Crippen LogP contribution in [0, 0.1) is 10.1 Å². The Morgan fingerprint density at radius 3 is 2.33 bits per heavy atom. The van der Waals surface area contributed by atoms with Gasteiger partial charge in [0, 0.05) is 23.7 Å². The Morgan fingerprint density at radius 2 is 1.76 bits per heavy atom. The maximum Gasteiger partial charge on any atom is 0.269 e. The highest BCUT2D eigenvalue weighted by Crippen LogP contribution is 2.12. The number of nitrogens with one attached hydrogen (secondary N) is 1. The molecular formula is C16H16N2O3. The quantitative estimate of drug-likeness (QED) is 0.677. The summed E-state index contributed by atoms with van der Waals surface area (Å²) >= 11 is 0. The first-order valence-corrected chi connectivity index (χ1v) is 6.65. The summed E-state index contributed by atoms with van der Waals surface area (Å²) in [6, 6.07) is 15.4. The van der Waals surface area contributed by atoms with Crippen LogP contribution < -0.4 is 5.32 Å². The molecule has 0 aromatic heterocycles. The molecule has 2 rings (SSSR count). The van der Waals surface area contributed by atoms with Gasteiger partial charge < -0.3 is 5.32 Å². The van der Waals surface area contributed by atoms with Gasteiger partial charge >= 0.3 is 0 Å². The summed E-state index contributed by atoms with van der Waals surface area (Å²) < 4.78 is 0. The van der Waals surface area contributed by atoms with Crippen LogP contribution in [-0.2, 0) is 6.42 Å². The molecular weight excluding hydrogens is 268 g/mol. The van der Waals surface area contributed by atoms with E-state index in [1.165, 1.54) is 24.3 Å². The highest BCUT2D eigenvalue weighted by Gasteiger charge is 2.12. The predicted octanol–water partition coefficient (Wildman–Crippen LogP) is 2.96. The zero-order valence-electron chi connectivity index (χ0n) is 11.7. The number of rotatable bonds is 5. The molecule has 0 bridgehead atoms. The summed E-state index contributed by atoms with van der Waals surface area (Å²) in [5.41, 5.74) is 1.54. The Kier molecular flexibility index (Phi) is 4.66. The SMILES string of the molecule is C[C@H](Cc1ccccc1)NC(=O)c1ccc([N+](=O)[O-])cc1. The number of benzene rings is 2. The third-order valence-corrected chi connectivity index (χ3v) is 3.10. The smallest absolute Gasteiger partial charge is 0.269 e. The number of nitrogens with zero attached hydrogens (tertiary/aromatic N) is 1. The lowest BCUT2D eigenvalue weighted by molar-refractivity contribution is -0.384. The fourth-order valence-electron chi connectivity index (χ4n) is 2.06. The molecule has 0 aliphatic rings. The second-order valence-corrected chi connectivity index (χ2v) is 4.87. The van der Waals surface area contributed by atoms with Gasteiger partial charge in [-0.05, 0) is 31.0 Å². The number of nitro benzene ring substituents is 1. The summed E-state index contributed by atoms with van der Waals surface area (Å²) in [6.07, 6.45) is 0.736. The summed E-state index contributed by atoms with van der Waals surface area (Å²) in [4.78, 5) is 22.1. The van der Waals surface area contributed by atoms with Crippen molar-refractivity contribution < 1.29 is 9.72 Å². The van der Waals surface area contributed by atoms with Gasteiger partial charge in [-0.15, -0.1) is 0 Å². The molecule has 1 N–H and O–H groups in total. The van der Waals surface area contributed by atoms with Crippen LogP contribution in [0.1, 0.15) is 22.8 Å². The van der Waals surface area contributed by atoms with Crippen LogP contribution in [0.4, 0.5) is 5.69 Å². The average molecular weight is 284 g/mol. The number of carbonyl (C=O) groups is 1. The summed E-state index contributed by atoms with van der Waals surface area (Å²) in [6.45, 7) is 1.93. The lowest BCUT2D eigenvalue weighted by atomic mass is 10.1. The van der Waals surface area contributed by atoms with Crippen LogP contribution in [0.5, 0.6) is 0 Å². The molecule has 0 heterocycles. The van der Waals surface area contributed by atoms with Crippen LogP contribution in [0.15, 0.2) is 54.6 Å². The van der Waals surface area contributed by atoms with Crippen molar-refractivity contribution in [3.63, 3.8) is 0 Å². The molecule has 0 radical (unpaired) electrons. The molecule has 0 aliphatic carbocycles. The number of amides is 1. The average Bonchev–Trinajstić information content (AvgIpc) is 2.48. The molecule has 0 aliphatic heterocycles. The summed E-state index contributed by atoms with van der Waals surface area (Å²) in [7, 11) is 0. The minimum absolute atomic E-state index is 0.0184. The van der Waals surface area contributed by atoms with E-state index < -0.39 is 4.92 Å². The highest BCUT2D eigenvalue weighted by atomic mass is 16.6. The van der Waals surface area contributed by atoms with Gasteiger partial charge in [0.1, 0.15) is 0 Å². The number of carbonyl (C=O) groups excluding carboxylic acids is 1. The first kappa shape index (κ1) is 14.7. The number of non-ortho nitro benzene ring substituents is 1. The van der Waals surface area contributed by atoms with Crippen molar-refractivity contribution in [2.45, 2.75) is 19.4 Å². The minimum atomic E-state index is -0.486. The molecule has 5 nitrogen and oxygen atoms in total. The van der Waals surface area contributed by atoms with Crippen molar-refractivity contribution in [1.29, 1.82) is 0 Å². The molecule has 0 spiro atoms. The zero-order chi connectivity index (χ0) is 15.2. The molecule has 2 aromatic rings. The lowest BCUT2D eigenvalue weighted by Gasteiger charge is -2.14. The number of hydrogen-bond acceptors (Lipinski definition) is 3. The molecule has 0 fully saturated rings. The standard InChI is InChI=1S/C16H16N2O3/c1-12(11-13-5-3-2-4-6-13)17-16(19)14-7-9-15(10-8-14)18(20)21/h2-10,12H,11H2,1H3,(H,17,19)/t12-/m1/s1. The Morgan fingerprint density at radius 1 is 1.14 bits per heavy atom. The van der Waals surface area contributed by atoms with E-state index in [4.69, 9.17) is 0 Å². The second-order valence-electron chi connectivity index (χ2n) is 4.87. The Labute approximate surface area is 122 Å². The number of hydrogen-bond donors (Lipinski definition) is 1. The van der Waals surface area contributed by atoms with Crippen molar-refractivity contribution in [3.05, 3.63) is 75.8 Å². The van der Waals surface area contributed by atoms with Gasteiger partial charge in [-0.1, -0.05) is 30.3 Å². The van der Waals surface area contributed by atoms with Crippen LogP contribution in [0.2, 0.25) is 0 Å². The zero-order valence-corrected chi connectivity index (χ0v) is 11.7. The van der Waals surface area contributed by atoms with Crippen molar-refractivity contribution >= 4 is 11.6 Å². The number of nitro groups is 1. The van der Waals surface area contributed by atoms with E-state index in [-0.39, 0.29) is 17.6 Å². The van der Waals surface area contributed by atoms with E-state index in [0.29, 0.717) is 5.56 Å². The first-order valence-electron chi connectivity index (χ1n) is 6.65. The molecule has 0 unspecified atom stereocenters. The third kappa shape index (κ3) is 4.14. The predicted molar refractivity (Wildman–Crippen MR) is 80.2 cm³/mol. The topological polar surface area (TPSA) is 72.2 Å². The van der Waals surface area contributed by atoms with Crippen LogP contribution in [0.25, 0.3) is 0 Å². The van der Waals surface area contributed by atoms with Crippen molar-refractivity contribution in [2.75, 3.05) is 0 Å². The van der Waals surface area contributed by atoms with E-state index in [1.807, 2.05) is 37.3 Å². The van der Waals surface area contributed by atoms with Crippen molar-refractivity contribution in [3.8, 4) is 0 Å². The maximum atomic E-state index is 12.0. The van der Waals surface area contributed by atoms with Crippen molar-refractivity contribution in [1.82, 2.24) is 5.32 Å². The second kappa shape index (κ2) is 6.65. The monoisotopic (exact) mass is 284 g/mol. The molecule has 2 aromatic carbocycles. The van der Waals surface area contributed by atoms with E-state index in [0.717, 1.165) is 12.0 Å². The van der Waals surface area contributed by atoms with E-state index in [9.17, 15) is 14.9 Å². The normalized spacial score (nSPS) is 11.7. The highest BCUT2D eigenvalue weighted by molar-refractivity contribution is 5.94. The van der Waals surface area contributed by atoms with Gasteiger partial charge in [0.25, 0.3) is 11.6 Å². The van der Waals surface area contributed by atoms with E-state index >= 15 is 0 Å². The van der Waals surface area contributed by atoms with Gasteiger partial charge in [-0.25, -0.2) is 0 Å². The van der Waals surface area contributed by atoms with Gasteiger partial charge in [-0.2, -0.15) is 0 Å². The van der Waals surface area contributed by atoms with Crippen LogP contribution in [0.3, 0.4) is 0 Å². The van der Waals surface area contributed by atoms with Gasteiger partial charge in [0.2, 0.25) is 0 Å². The fourth-order valence-corrected chi connectivity index (χ4v) is 2.06. The van der Waals surface area contributed by atoms with Crippen LogP contribution in [-0.4, -0.2) is 16.9 Å². The van der Waals surface area contributed by atoms with Gasteiger partial charge in [0.05, 0.1) is 4.92 Å². The molecule has 1 amide bonds. The molecule has 21 heavy (non-hydrogen) atoms. The molecule has 5 heteroatoms. The van der Waals surface area contributed by atoms with E-state index in [2.05, 4.69) is 5.32 Å². The summed E-state index contributed by atoms with van der Waals surface area (Å²) in [5, 5.41) is 13.5. The molecule has 1 atom stereocenters. The van der Waals surface area contributed by atoms with Gasteiger partial charge in [-0.3, -0.25) is 14.9 Å². The minimum Gasteiger partial charge on any atom is -0.349 e.